The molecule has 3 aromatic carbocycles. The maximum Gasteiger partial charge on any atom is 0.435 e. The van der Waals surface area contributed by atoms with E-state index in [1.807, 2.05) is 6.92 Å². The van der Waals surface area contributed by atoms with Crippen LogP contribution in [0, 0.1) is 13.8 Å². The van der Waals surface area contributed by atoms with Gasteiger partial charge in [-0.05, 0) is 89.2 Å². The average Bonchev–Trinajstić information content (AvgIpc) is 3.53. The molecule has 5 rings (SSSR count). The fraction of sp³-hybridized carbons (Fsp3) is 0.273. The van der Waals surface area contributed by atoms with Crippen molar-refractivity contribution in [3.8, 4) is 11.4 Å². The number of halogens is 3. The molecular formula is C33H31F3N4O5. The Kier molecular flexibility index (Phi) is 8.17. The van der Waals surface area contributed by atoms with Gasteiger partial charge in [-0.3, -0.25) is 4.79 Å². The Morgan fingerprint density at radius 1 is 0.956 bits per heavy atom. The van der Waals surface area contributed by atoms with E-state index >= 15 is 0 Å². The summed E-state index contributed by atoms with van der Waals surface area (Å²) in [6, 6.07) is 17.5. The number of nitrogens with zero attached hydrogens (tertiary/aromatic N) is 4. The molecule has 0 radical (unpaired) electrons. The van der Waals surface area contributed by atoms with E-state index in [0.29, 0.717) is 22.6 Å². The molecule has 0 spiro atoms. The first-order valence-electron chi connectivity index (χ1n) is 14.0. The lowest BCUT2D eigenvalue weighted by Crippen LogP contribution is -2.26. The molecule has 0 saturated heterocycles. The Labute approximate surface area is 257 Å². The van der Waals surface area contributed by atoms with Gasteiger partial charge in [-0.2, -0.15) is 18.3 Å². The van der Waals surface area contributed by atoms with E-state index in [4.69, 9.17) is 14.0 Å². The van der Waals surface area contributed by atoms with Crippen LogP contribution in [0.15, 0.2) is 71.3 Å². The van der Waals surface area contributed by atoms with Gasteiger partial charge in [0.05, 0.1) is 22.6 Å². The van der Waals surface area contributed by atoms with E-state index in [1.165, 1.54) is 42.2 Å². The molecule has 234 valence electrons. The maximum atomic E-state index is 13.9. The largest absolute Gasteiger partial charge is 0.487 e. The fourth-order valence-corrected chi connectivity index (χ4v) is 4.70. The third kappa shape index (κ3) is 6.69. The van der Waals surface area contributed by atoms with Crippen molar-refractivity contribution in [2.45, 2.75) is 53.0 Å². The van der Waals surface area contributed by atoms with Crippen LogP contribution in [0.4, 0.5) is 18.9 Å². The molecule has 0 aliphatic carbocycles. The molecule has 0 saturated carbocycles. The van der Waals surface area contributed by atoms with Crippen LogP contribution >= 0.6 is 0 Å². The summed E-state index contributed by atoms with van der Waals surface area (Å²) in [5, 5.41) is 8.64. The number of benzene rings is 3. The highest BCUT2D eigenvalue weighted by Crippen LogP contribution is 2.34. The molecule has 0 aliphatic rings. The topological polar surface area (TPSA) is 99.7 Å². The van der Waals surface area contributed by atoms with Crippen LogP contribution in [-0.4, -0.2) is 39.5 Å². The molecule has 0 atom stereocenters. The molecule has 1 amide bonds. The van der Waals surface area contributed by atoms with Gasteiger partial charge in [-0.25, -0.2) is 9.48 Å². The van der Waals surface area contributed by atoms with Crippen LogP contribution < -0.4 is 9.64 Å². The minimum atomic E-state index is -4.72. The number of amides is 1. The molecule has 45 heavy (non-hydrogen) atoms. The monoisotopic (exact) mass is 620 g/mol. The van der Waals surface area contributed by atoms with Crippen molar-refractivity contribution in [3.05, 3.63) is 101 Å². The zero-order chi connectivity index (χ0) is 32.7. The molecule has 0 aliphatic heterocycles. The molecule has 0 bridgehead atoms. The number of aromatic nitrogens is 3. The Bertz CT molecular complexity index is 1890. The number of rotatable bonds is 7. The van der Waals surface area contributed by atoms with E-state index in [-0.39, 0.29) is 29.1 Å². The molecule has 5 aromatic rings. The predicted molar refractivity (Wildman–Crippen MR) is 161 cm³/mol. The predicted octanol–water partition coefficient (Wildman–Crippen LogP) is 7.46. The molecular weight excluding hydrogens is 589 g/mol. The normalized spacial score (nSPS) is 11.9. The SMILES string of the molecule is Cc1c(C(F)(F)F)nn(-c2cccc(C(=O)N(C)c3ccc4c(C)noc4c3)c2)c1COc1ccc(C(=O)OC(C)(C)C)cc1. The van der Waals surface area contributed by atoms with Crippen molar-refractivity contribution in [1.29, 1.82) is 0 Å². The summed E-state index contributed by atoms with van der Waals surface area (Å²) < 4.78 is 59.5. The lowest BCUT2D eigenvalue weighted by molar-refractivity contribution is -0.141. The molecule has 0 unspecified atom stereocenters. The smallest absolute Gasteiger partial charge is 0.435 e. The second-order valence-corrected chi connectivity index (χ2v) is 11.5. The number of hydrogen-bond donors (Lipinski definition) is 0. The van der Waals surface area contributed by atoms with Crippen LogP contribution in [0.1, 0.15) is 64.1 Å². The second-order valence-electron chi connectivity index (χ2n) is 11.5. The van der Waals surface area contributed by atoms with Crippen molar-refractivity contribution in [2.24, 2.45) is 0 Å². The van der Waals surface area contributed by atoms with Crippen molar-refractivity contribution in [1.82, 2.24) is 14.9 Å². The summed E-state index contributed by atoms with van der Waals surface area (Å²) in [5.41, 5.74) is 0.878. The van der Waals surface area contributed by atoms with Crippen molar-refractivity contribution in [3.63, 3.8) is 0 Å². The van der Waals surface area contributed by atoms with E-state index in [0.717, 1.165) is 15.8 Å². The number of alkyl halides is 3. The zero-order valence-corrected chi connectivity index (χ0v) is 25.5. The molecule has 12 heteroatoms. The highest BCUT2D eigenvalue weighted by atomic mass is 19.4. The summed E-state index contributed by atoms with van der Waals surface area (Å²) in [6.45, 7) is 8.14. The summed E-state index contributed by atoms with van der Waals surface area (Å²) in [7, 11) is 1.59. The Balaban J connectivity index is 1.42. The van der Waals surface area contributed by atoms with Gasteiger partial charge in [0.1, 0.15) is 18.0 Å². The molecule has 0 fully saturated rings. The van der Waals surface area contributed by atoms with Gasteiger partial charge < -0.3 is 18.9 Å². The van der Waals surface area contributed by atoms with Gasteiger partial charge in [0.15, 0.2) is 11.3 Å². The third-order valence-corrected chi connectivity index (χ3v) is 7.04. The summed E-state index contributed by atoms with van der Waals surface area (Å²) >= 11 is 0. The Hall–Kier alpha value is -5.13. The number of ether oxygens (including phenoxy) is 2. The van der Waals surface area contributed by atoms with Gasteiger partial charge in [0.2, 0.25) is 0 Å². The zero-order valence-electron chi connectivity index (χ0n) is 25.5. The number of esters is 1. The van der Waals surface area contributed by atoms with Crippen molar-refractivity contribution >= 4 is 28.5 Å². The third-order valence-electron chi connectivity index (χ3n) is 7.04. The molecule has 0 N–H and O–H groups in total. The van der Waals surface area contributed by atoms with E-state index in [9.17, 15) is 22.8 Å². The summed E-state index contributed by atoms with van der Waals surface area (Å²) in [4.78, 5) is 27.2. The minimum absolute atomic E-state index is 0.114. The van der Waals surface area contributed by atoms with Crippen LogP contribution in [0.3, 0.4) is 0 Å². The van der Waals surface area contributed by atoms with E-state index < -0.39 is 29.3 Å². The number of fused-ring (bicyclic) bond motifs is 1. The van der Waals surface area contributed by atoms with Gasteiger partial charge >= 0.3 is 12.1 Å². The molecule has 9 nitrogen and oxygen atoms in total. The molecule has 2 heterocycles. The highest BCUT2D eigenvalue weighted by molar-refractivity contribution is 6.06. The van der Waals surface area contributed by atoms with E-state index in [1.54, 1.807) is 64.2 Å². The minimum Gasteiger partial charge on any atom is -0.487 e. The van der Waals surface area contributed by atoms with E-state index in [2.05, 4.69) is 10.3 Å². The lowest BCUT2D eigenvalue weighted by atomic mass is 10.1. The number of anilines is 1. The van der Waals surface area contributed by atoms with Crippen LogP contribution in [-0.2, 0) is 17.5 Å². The van der Waals surface area contributed by atoms with Crippen LogP contribution in [0.5, 0.6) is 5.75 Å². The Morgan fingerprint density at radius 3 is 2.33 bits per heavy atom. The second kappa shape index (κ2) is 11.8. The van der Waals surface area contributed by atoms with Crippen LogP contribution in [0.2, 0.25) is 0 Å². The lowest BCUT2D eigenvalue weighted by Gasteiger charge is -2.19. The first-order valence-corrected chi connectivity index (χ1v) is 14.0. The van der Waals surface area contributed by atoms with Gasteiger partial charge in [-0.1, -0.05) is 11.2 Å². The number of aryl methyl sites for hydroxylation is 1. The quantitative estimate of drug-likeness (QED) is 0.174. The molecule has 2 aromatic heterocycles. The Morgan fingerprint density at radius 2 is 1.67 bits per heavy atom. The number of carbonyl (C=O) groups excluding carboxylic acids is 2. The van der Waals surface area contributed by atoms with Gasteiger partial charge in [0, 0.05) is 35.3 Å². The summed E-state index contributed by atoms with van der Waals surface area (Å²) in [5.74, 6) is -0.575. The number of hydrogen-bond acceptors (Lipinski definition) is 7. The number of carbonyl (C=O) groups is 2. The fourth-order valence-electron chi connectivity index (χ4n) is 4.70. The van der Waals surface area contributed by atoms with Crippen LogP contribution in [0.25, 0.3) is 16.7 Å². The van der Waals surface area contributed by atoms with Crippen molar-refractivity contribution < 1.29 is 36.8 Å². The summed E-state index contributed by atoms with van der Waals surface area (Å²) in [6.07, 6.45) is -4.72. The standard InChI is InChI=1S/C33H31F3N4O5/c1-19-27(18-43-25-13-10-21(11-14-25)31(42)44-32(3,4)5)40(37-29(19)33(34,35)36)24-9-7-8-22(16-24)30(41)39(6)23-12-15-26-20(2)38-45-28(26)17-23/h7-17H,18H2,1-6H3. The highest BCUT2D eigenvalue weighted by Gasteiger charge is 2.38. The maximum absolute atomic E-state index is 13.9. The van der Waals surface area contributed by atoms with Crippen molar-refractivity contribution in [2.75, 3.05) is 11.9 Å². The van der Waals surface area contributed by atoms with Gasteiger partial charge in [0.25, 0.3) is 5.91 Å². The first-order chi connectivity index (χ1) is 21.1. The van der Waals surface area contributed by atoms with Gasteiger partial charge in [-0.15, -0.1) is 0 Å². The average molecular weight is 621 g/mol. The first kappa shape index (κ1) is 31.3.